The number of benzene rings is 2. The second-order valence-electron chi connectivity index (χ2n) is 5.88. The highest BCUT2D eigenvalue weighted by Gasteiger charge is 2.10. The number of ether oxygens (including phenoxy) is 1. The Hall–Kier alpha value is -3.32. The zero-order valence-corrected chi connectivity index (χ0v) is 16.0. The Labute approximate surface area is 167 Å². The molecule has 0 fully saturated rings. The first-order chi connectivity index (χ1) is 13.6. The average Bonchev–Trinajstić information content (AvgIpc) is 3.22. The minimum absolute atomic E-state index is 0.302. The van der Waals surface area contributed by atoms with Crippen LogP contribution in [0.15, 0.2) is 66.0 Å². The molecule has 144 valence electrons. The van der Waals surface area contributed by atoms with Gasteiger partial charge < -0.3 is 15.0 Å². The number of H-pyrrole nitrogens is 1. The molecule has 3 N–H and O–H groups in total. The third-order valence-electron chi connectivity index (χ3n) is 3.88. The number of aromatic amines is 1. The van der Waals surface area contributed by atoms with Crippen LogP contribution in [-0.2, 0) is 6.42 Å². The van der Waals surface area contributed by atoms with Gasteiger partial charge in [0.05, 0.1) is 13.4 Å². The fraction of sp³-hybridized carbons (Fsp3) is 0.150. The van der Waals surface area contributed by atoms with Gasteiger partial charge in [0.15, 0.2) is 0 Å². The molecule has 0 unspecified atom stereocenters. The van der Waals surface area contributed by atoms with E-state index in [2.05, 4.69) is 25.6 Å². The number of hydrogen-bond donors (Lipinski definition) is 3. The first-order valence-electron chi connectivity index (χ1n) is 8.64. The maximum atomic E-state index is 12.6. The quantitative estimate of drug-likeness (QED) is 0.438. The number of rotatable bonds is 6. The van der Waals surface area contributed by atoms with E-state index in [1.165, 1.54) is 0 Å². The normalized spacial score (nSPS) is 11.1. The van der Waals surface area contributed by atoms with Crippen LogP contribution in [0.3, 0.4) is 0 Å². The van der Waals surface area contributed by atoms with Crippen LogP contribution in [0.25, 0.3) is 0 Å². The molecule has 0 aliphatic carbocycles. The lowest BCUT2D eigenvalue weighted by Gasteiger charge is -2.12. The highest BCUT2D eigenvalue weighted by Crippen LogP contribution is 2.15. The van der Waals surface area contributed by atoms with Crippen molar-refractivity contribution >= 4 is 29.2 Å². The number of imidazole rings is 1. The second-order valence-corrected chi connectivity index (χ2v) is 6.31. The minimum Gasteiger partial charge on any atom is -0.497 e. The summed E-state index contributed by atoms with van der Waals surface area (Å²) in [5.74, 6) is 0.782. The topological polar surface area (TPSA) is 91.4 Å². The molecule has 0 aliphatic heterocycles. The fourth-order valence-electron chi connectivity index (χ4n) is 2.44. The number of aromatic nitrogens is 2. The van der Waals surface area contributed by atoms with Crippen LogP contribution < -0.4 is 15.4 Å². The van der Waals surface area contributed by atoms with Crippen molar-refractivity contribution in [2.24, 2.45) is 4.99 Å². The maximum absolute atomic E-state index is 12.6. The molecule has 1 amide bonds. The van der Waals surface area contributed by atoms with Crippen molar-refractivity contribution < 1.29 is 9.53 Å². The third-order valence-corrected chi connectivity index (χ3v) is 4.11. The molecule has 7 nitrogen and oxygen atoms in total. The van der Waals surface area contributed by atoms with Crippen molar-refractivity contribution in [2.45, 2.75) is 6.42 Å². The van der Waals surface area contributed by atoms with Gasteiger partial charge in [-0.1, -0.05) is 17.7 Å². The molecular formula is C20H20ClN5O2. The van der Waals surface area contributed by atoms with E-state index in [-0.39, 0.29) is 5.91 Å². The van der Waals surface area contributed by atoms with E-state index >= 15 is 0 Å². The smallest absolute Gasteiger partial charge is 0.258 e. The van der Waals surface area contributed by atoms with Gasteiger partial charge in [-0.25, -0.2) is 4.98 Å². The van der Waals surface area contributed by atoms with Crippen LogP contribution in [0, 0.1) is 0 Å². The van der Waals surface area contributed by atoms with E-state index in [4.69, 9.17) is 16.3 Å². The van der Waals surface area contributed by atoms with Gasteiger partial charge in [0.2, 0.25) is 5.96 Å². The van der Waals surface area contributed by atoms with Crippen molar-refractivity contribution in [3.8, 4) is 5.75 Å². The molecule has 0 aliphatic rings. The zero-order valence-electron chi connectivity index (χ0n) is 15.3. The molecule has 0 radical (unpaired) electrons. The summed E-state index contributed by atoms with van der Waals surface area (Å²) in [6.07, 6.45) is 4.04. The Morgan fingerprint density at radius 2 is 2.07 bits per heavy atom. The third kappa shape index (κ3) is 5.59. The Morgan fingerprint density at radius 1 is 1.25 bits per heavy atom. The number of hydrogen-bond acceptors (Lipinski definition) is 4. The van der Waals surface area contributed by atoms with Crippen molar-refractivity contribution in [3.63, 3.8) is 0 Å². The Morgan fingerprint density at radius 3 is 2.75 bits per heavy atom. The lowest BCUT2D eigenvalue weighted by molar-refractivity contribution is 0.0977. The summed E-state index contributed by atoms with van der Waals surface area (Å²) in [7, 11) is 1.61. The van der Waals surface area contributed by atoms with E-state index in [0.717, 1.165) is 17.1 Å². The van der Waals surface area contributed by atoms with Crippen molar-refractivity contribution in [2.75, 3.05) is 19.0 Å². The number of halogens is 1. The number of methoxy groups -OCH3 is 1. The number of anilines is 1. The van der Waals surface area contributed by atoms with E-state index in [9.17, 15) is 4.79 Å². The van der Waals surface area contributed by atoms with Gasteiger partial charge in [-0.05, 0) is 42.5 Å². The molecule has 3 rings (SSSR count). The van der Waals surface area contributed by atoms with Crippen molar-refractivity contribution in [3.05, 3.63) is 77.3 Å². The first kappa shape index (κ1) is 19.4. The number of aliphatic imine (C=N–C) groups is 1. The highest BCUT2D eigenvalue weighted by molar-refractivity contribution is 6.31. The Kier molecular flexibility index (Phi) is 6.64. The van der Waals surface area contributed by atoms with Gasteiger partial charge in [0, 0.05) is 41.1 Å². The van der Waals surface area contributed by atoms with E-state index in [1.807, 2.05) is 24.3 Å². The van der Waals surface area contributed by atoms with Gasteiger partial charge in [-0.2, -0.15) is 0 Å². The van der Waals surface area contributed by atoms with Crippen molar-refractivity contribution in [1.29, 1.82) is 0 Å². The molecule has 8 heteroatoms. The molecule has 1 aromatic heterocycles. The van der Waals surface area contributed by atoms with Gasteiger partial charge >= 0.3 is 0 Å². The molecule has 0 spiro atoms. The molecule has 2 aromatic carbocycles. The predicted molar refractivity (Wildman–Crippen MR) is 110 cm³/mol. The SMILES string of the molecule is COc1ccc(NC(=NCCc2cnc[nH]2)NC(=O)c2cccc(Cl)c2)cc1. The second kappa shape index (κ2) is 9.57. The number of amides is 1. The van der Waals surface area contributed by atoms with Crippen LogP contribution in [-0.4, -0.2) is 35.5 Å². The zero-order chi connectivity index (χ0) is 19.8. The number of carbonyl (C=O) groups is 1. The molecule has 0 bridgehead atoms. The molecule has 1 heterocycles. The van der Waals surface area contributed by atoms with Crippen LogP contribution in [0.2, 0.25) is 5.02 Å². The van der Waals surface area contributed by atoms with Crippen molar-refractivity contribution in [1.82, 2.24) is 15.3 Å². The lowest BCUT2D eigenvalue weighted by Crippen LogP contribution is -2.36. The largest absolute Gasteiger partial charge is 0.497 e. The number of carbonyl (C=O) groups excluding carboxylic acids is 1. The molecule has 3 aromatic rings. The summed E-state index contributed by atoms with van der Waals surface area (Å²) >= 11 is 5.98. The monoisotopic (exact) mass is 397 g/mol. The van der Waals surface area contributed by atoms with Crippen LogP contribution >= 0.6 is 11.6 Å². The van der Waals surface area contributed by atoms with Gasteiger partial charge in [0.25, 0.3) is 5.91 Å². The van der Waals surface area contributed by atoms with Gasteiger partial charge in [0.1, 0.15) is 5.75 Å². The molecule has 28 heavy (non-hydrogen) atoms. The van der Waals surface area contributed by atoms with E-state index in [1.54, 1.807) is 43.9 Å². The summed E-state index contributed by atoms with van der Waals surface area (Å²) in [6, 6.07) is 14.1. The molecular weight excluding hydrogens is 378 g/mol. The van der Waals surface area contributed by atoms with Crippen LogP contribution in [0.5, 0.6) is 5.75 Å². The fourth-order valence-corrected chi connectivity index (χ4v) is 2.63. The average molecular weight is 398 g/mol. The maximum Gasteiger partial charge on any atom is 0.258 e. The lowest BCUT2D eigenvalue weighted by atomic mass is 10.2. The van der Waals surface area contributed by atoms with Gasteiger partial charge in [-0.15, -0.1) is 0 Å². The number of nitrogens with zero attached hydrogens (tertiary/aromatic N) is 2. The number of guanidine groups is 1. The molecule has 0 saturated heterocycles. The van der Waals surface area contributed by atoms with Gasteiger partial charge in [-0.3, -0.25) is 15.1 Å². The summed E-state index contributed by atoms with van der Waals surface area (Å²) in [5.41, 5.74) is 2.19. The van der Waals surface area contributed by atoms with Crippen LogP contribution in [0.4, 0.5) is 5.69 Å². The molecule has 0 atom stereocenters. The summed E-state index contributed by atoms with van der Waals surface area (Å²) < 4.78 is 5.16. The highest BCUT2D eigenvalue weighted by atomic mass is 35.5. The first-order valence-corrected chi connectivity index (χ1v) is 9.01. The van der Waals surface area contributed by atoms with E-state index < -0.39 is 0 Å². The summed E-state index contributed by atoms with van der Waals surface area (Å²) in [4.78, 5) is 24.1. The standard InChI is InChI=1S/C20H20ClN5O2/c1-28-18-7-5-16(6-8-18)25-20(23-10-9-17-12-22-13-24-17)26-19(27)14-3-2-4-15(21)11-14/h2-8,11-13H,9-10H2,1H3,(H,22,24)(H2,23,25,26,27). The van der Waals surface area contributed by atoms with Crippen LogP contribution in [0.1, 0.15) is 16.1 Å². The number of nitrogens with one attached hydrogen (secondary N) is 3. The minimum atomic E-state index is -0.302. The predicted octanol–water partition coefficient (Wildman–Crippen LogP) is 3.51. The molecule has 0 saturated carbocycles. The van der Waals surface area contributed by atoms with E-state index in [0.29, 0.717) is 29.5 Å². The Balaban J connectivity index is 1.73. The Bertz CT molecular complexity index is 939. The summed E-state index contributed by atoms with van der Waals surface area (Å²) in [5, 5.41) is 6.43. The summed E-state index contributed by atoms with van der Waals surface area (Å²) in [6.45, 7) is 0.469.